The van der Waals surface area contributed by atoms with Crippen LogP contribution in [0, 0.1) is 0 Å². The van der Waals surface area contributed by atoms with Crippen molar-refractivity contribution in [3.63, 3.8) is 0 Å². The molecule has 0 saturated heterocycles. The molecule has 1 aromatic rings. The molecule has 0 spiro atoms. The molecule has 96 valence electrons. The Bertz CT molecular complexity index is 339. The Kier molecular flexibility index (Phi) is 5.45. The zero-order valence-corrected chi connectivity index (χ0v) is 11.3. The number of hydrogen-bond acceptors (Lipinski definition) is 3. The molecule has 0 bridgehead atoms. The number of nitrogens with zero attached hydrogens (tertiary/aromatic N) is 1. The van der Waals surface area contributed by atoms with Crippen LogP contribution in [-0.4, -0.2) is 31.6 Å². The first-order valence-corrected chi connectivity index (χ1v) is 6.20. The van der Waals surface area contributed by atoms with E-state index in [0.717, 1.165) is 18.7 Å². The molecular formula is C14H24N2O. The highest BCUT2D eigenvalue weighted by Crippen LogP contribution is 2.25. The van der Waals surface area contributed by atoms with Crippen LogP contribution in [0.25, 0.3) is 0 Å². The van der Waals surface area contributed by atoms with Gasteiger partial charge in [-0.25, -0.2) is 0 Å². The van der Waals surface area contributed by atoms with Crippen LogP contribution >= 0.6 is 0 Å². The fourth-order valence-electron chi connectivity index (χ4n) is 2.28. The smallest absolute Gasteiger partial charge is 0.119 e. The van der Waals surface area contributed by atoms with E-state index in [1.54, 1.807) is 7.11 Å². The van der Waals surface area contributed by atoms with Gasteiger partial charge in [-0.05, 0) is 44.6 Å². The van der Waals surface area contributed by atoms with E-state index in [1.165, 1.54) is 5.56 Å². The Morgan fingerprint density at radius 1 is 1.41 bits per heavy atom. The summed E-state index contributed by atoms with van der Waals surface area (Å²) in [5, 5.41) is 0. The summed E-state index contributed by atoms with van der Waals surface area (Å²) in [4.78, 5) is 2.30. The predicted molar refractivity (Wildman–Crippen MR) is 72.3 cm³/mol. The Labute approximate surface area is 105 Å². The normalized spacial score (nSPS) is 14.7. The first-order valence-electron chi connectivity index (χ1n) is 6.20. The van der Waals surface area contributed by atoms with Gasteiger partial charge < -0.3 is 10.5 Å². The third-order valence-corrected chi connectivity index (χ3v) is 2.98. The van der Waals surface area contributed by atoms with Crippen LogP contribution in [0.1, 0.15) is 31.9 Å². The van der Waals surface area contributed by atoms with Crippen LogP contribution in [-0.2, 0) is 0 Å². The van der Waals surface area contributed by atoms with E-state index < -0.39 is 0 Å². The van der Waals surface area contributed by atoms with Crippen LogP contribution in [0.4, 0.5) is 0 Å². The lowest BCUT2D eigenvalue weighted by molar-refractivity contribution is 0.219. The van der Waals surface area contributed by atoms with E-state index in [1.807, 2.05) is 12.1 Å². The number of benzene rings is 1. The molecule has 0 aliphatic rings. The molecule has 2 unspecified atom stereocenters. The highest BCUT2D eigenvalue weighted by molar-refractivity contribution is 5.31. The SMILES string of the molecule is CCCN(C)C(c1cccc(OC)c1)C(C)N. The highest BCUT2D eigenvalue weighted by atomic mass is 16.5. The Morgan fingerprint density at radius 3 is 2.65 bits per heavy atom. The topological polar surface area (TPSA) is 38.5 Å². The summed E-state index contributed by atoms with van der Waals surface area (Å²) in [6.07, 6.45) is 1.13. The van der Waals surface area contributed by atoms with Crippen molar-refractivity contribution >= 4 is 0 Å². The van der Waals surface area contributed by atoms with Crippen molar-refractivity contribution in [3.8, 4) is 5.75 Å². The molecule has 0 radical (unpaired) electrons. The number of hydrogen-bond donors (Lipinski definition) is 1. The molecule has 1 aromatic carbocycles. The van der Waals surface area contributed by atoms with Gasteiger partial charge in [0.1, 0.15) is 5.75 Å². The molecule has 3 nitrogen and oxygen atoms in total. The van der Waals surface area contributed by atoms with Crippen molar-refractivity contribution in [1.82, 2.24) is 4.90 Å². The van der Waals surface area contributed by atoms with Crippen LogP contribution < -0.4 is 10.5 Å². The molecule has 3 heteroatoms. The summed E-state index contributed by atoms with van der Waals surface area (Å²) in [7, 11) is 3.81. The maximum absolute atomic E-state index is 6.11. The lowest BCUT2D eigenvalue weighted by Crippen LogP contribution is -2.37. The van der Waals surface area contributed by atoms with Crippen molar-refractivity contribution in [3.05, 3.63) is 29.8 Å². The van der Waals surface area contributed by atoms with Gasteiger partial charge in [-0.15, -0.1) is 0 Å². The number of nitrogens with two attached hydrogens (primary N) is 1. The second-order valence-corrected chi connectivity index (χ2v) is 4.56. The average molecular weight is 236 g/mol. The van der Waals surface area contributed by atoms with E-state index in [4.69, 9.17) is 10.5 Å². The third-order valence-electron chi connectivity index (χ3n) is 2.98. The van der Waals surface area contributed by atoms with Gasteiger partial charge in [-0.3, -0.25) is 4.90 Å². The first-order chi connectivity index (χ1) is 8.10. The Hall–Kier alpha value is -1.06. The number of methoxy groups -OCH3 is 1. The van der Waals surface area contributed by atoms with Gasteiger partial charge >= 0.3 is 0 Å². The van der Waals surface area contributed by atoms with Gasteiger partial charge in [0.05, 0.1) is 7.11 Å². The standard InChI is InChI=1S/C14H24N2O/c1-5-9-16(3)14(11(2)15)12-7-6-8-13(10-12)17-4/h6-8,10-11,14H,5,9,15H2,1-4H3. The van der Waals surface area contributed by atoms with Gasteiger partial charge in [-0.1, -0.05) is 19.1 Å². The molecule has 17 heavy (non-hydrogen) atoms. The molecule has 0 aliphatic carbocycles. The van der Waals surface area contributed by atoms with Gasteiger partial charge in [-0.2, -0.15) is 0 Å². The summed E-state index contributed by atoms with van der Waals surface area (Å²) in [6.45, 7) is 5.28. The number of ether oxygens (including phenoxy) is 1. The highest BCUT2D eigenvalue weighted by Gasteiger charge is 2.20. The first kappa shape index (κ1) is 14.0. The lowest BCUT2D eigenvalue weighted by atomic mass is 9.99. The fourth-order valence-corrected chi connectivity index (χ4v) is 2.28. The maximum atomic E-state index is 6.11. The minimum absolute atomic E-state index is 0.0960. The molecule has 0 aromatic heterocycles. The molecular weight excluding hydrogens is 212 g/mol. The monoisotopic (exact) mass is 236 g/mol. The Morgan fingerprint density at radius 2 is 2.12 bits per heavy atom. The Balaban J connectivity index is 2.96. The second-order valence-electron chi connectivity index (χ2n) is 4.56. The van der Waals surface area contributed by atoms with Crippen molar-refractivity contribution < 1.29 is 4.74 Å². The zero-order chi connectivity index (χ0) is 12.8. The largest absolute Gasteiger partial charge is 0.497 e. The number of rotatable bonds is 6. The van der Waals surface area contributed by atoms with Crippen LogP contribution in [0.2, 0.25) is 0 Å². The van der Waals surface area contributed by atoms with E-state index in [0.29, 0.717) is 0 Å². The van der Waals surface area contributed by atoms with Crippen molar-refractivity contribution in [2.24, 2.45) is 5.73 Å². The third kappa shape index (κ3) is 3.72. The van der Waals surface area contributed by atoms with E-state index in [9.17, 15) is 0 Å². The van der Waals surface area contributed by atoms with Gasteiger partial charge in [0.25, 0.3) is 0 Å². The molecule has 0 aliphatic heterocycles. The maximum Gasteiger partial charge on any atom is 0.119 e. The van der Waals surface area contributed by atoms with Crippen LogP contribution in [0.3, 0.4) is 0 Å². The molecule has 1 rings (SSSR count). The predicted octanol–water partition coefficient (Wildman–Crippen LogP) is 2.43. The summed E-state index contributed by atoms with van der Waals surface area (Å²) >= 11 is 0. The summed E-state index contributed by atoms with van der Waals surface area (Å²) in [6, 6.07) is 8.50. The summed E-state index contributed by atoms with van der Waals surface area (Å²) in [5.74, 6) is 0.887. The summed E-state index contributed by atoms with van der Waals surface area (Å²) < 4.78 is 5.27. The van der Waals surface area contributed by atoms with E-state index in [2.05, 4.69) is 37.9 Å². The van der Waals surface area contributed by atoms with E-state index >= 15 is 0 Å². The number of likely N-dealkylation sites (N-methyl/N-ethyl adjacent to an activating group) is 1. The zero-order valence-electron chi connectivity index (χ0n) is 11.3. The fraction of sp³-hybridized carbons (Fsp3) is 0.571. The van der Waals surface area contributed by atoms with Crippen LogP contribution in [0.5, 0.6) is 5.75 Å². The minimum Gasteiger partial charge on any atom is -0.497 e. The second kappa shape index (κ2) is 6.62. The lowest BCUT2D eigenvalue weighted by Gasteiger charge is -2.31. The van der Waals surface area contributed by atoms with Crippen molar-refractivity contribution in [2.75, 3.05) is 20.7 Å². The summed E-state index contributed by atoms with van der Waals surface area (Å²) in [5.41, 5.74) is 7.33. The molecule has 0 fully saturated rings. The van der Waals surface area contributed by atoms with Crippen molar-refractivity contribution in [2.45, 2.75) is 32.4 Å². The van der Waals surface area contributed by atoms with Gasteiger partial charge in [0.15, 0.2) is 0 Å². The van der Waals surface area contributed by atoms with E-state index in [-0.39, 0.29) is 12.1 Å². The van der Waals surface area contributed by atoms with Crippen molar-refractivity contribution in [1.29, 1.82) is 0 Å². The van der Waals surface area contributed by atoms with Crippen LogP contribution in [0.15, 0.2) is 24.3 Å². The molecule has 0 saturated carbocycles. The quantitative estimate of drug-likeness (QED) is 0.824. The van der Waals surface area contributed by atoms with Gasteiger partial charge in [0.2, 0.25) is 0 Å². The average Bonchev–Trinajstić information content (AvgIpc) is 2.29. The van der Waals surface area contributed by atoms with Gasteiger partial charge in [0, 0.05) is 12.1 Å². The molecule has 0 heterocycles. The minimum atomic E-state index is 0.0960. The molecule has 2 N–H and O–H groups in total. The molecule has 2 atom stereocenters. The molecule has 0 amide bonds.